The zero-order chi connectivity index (χ0) is 6.10. The van der Waals surface area contributed by atoms with E-state index in [9.17, 15) is 0 Å². The molecule has 0 amide bonds. The number of nitrogens with zero attached hydrogens (tertiary/aromatic N) is 3. The normalized spacial score (nSPS) is 24.0. The van der Waals surface area contributed by atoms with Crippen molar-refractivity contribution >= 4 is 0 Å². The van der Waals surface area contributed by atoms with Crippen LogP contribution in [0.2, 0.25) is 0 Å². The van der Waals surface area contributed by atoms with Gasteiger partial charge in [-0.3, -0.25) is 0 Å². The van der Waals surface area contributed by atoms with Crippen molar-refractivity contribution in [3.63, 3.8) is 0 Å². The van der Waals surface area contributed by atoms with Crippen molar-refractivity contribution in [2.75, 3.05) is 0 Å². The van der Waals surface area contributed by atoms with E-state index in [4.69, 9.17) is 0 Å². The summed E-state index contributed by atoms with van der Waals surface area (Å²) in [6.45, 7) is 0. The Labute approximate surface area is 53.8 Å². The summed E-state index contributed by atoms with van der Waals surface area (Å²) in [5.74, 6) is 0. The van der Waals surface area contributed by atoms with Crippen molar-refractivity contribution in [3.8, 4) is 0 Å². The fourth-order valence-electron chi connectivity index (χ4n) is 1.22. The molecule has 3 heteroatoms. The second-order valence-electron chi connectivity index (χ2n) is 2.39. The molecule has 0 N–H and O–H groups in total. The highest BCUT2D eigenvalue weighted by Crippen LogP contribution is 2.27. The maximum Gasteiger partial charge on any atom is 0.0882 e. The van der Waals surface area contributed by atoms with Crippen molar-refractivity contribution in [1.29, 1.82) is 0 Å². The fourth-order valence-corrected chi connectivity index (χ4v) is 1.22. The molecule has 0 saturated carbocycles. The Morgan fingerprint density at radius 1 is 1.00 bits per heavy atom. The smallest absolute Gasteiger partial charge is 0.0882 e. The van der Waals surface area contributed by atoms with Gasteiger partial charge in [0, 0.05) is 0 Å². The first-order chi connectivity index (χ1) is 4.47. The minimum absolute atomic E-state index is 1.09. The van der Waals surface area contributed by atoms with Crippen LogP contribution in [0.3, 0.4) is 0 Å². The summed E-state index contributed by atoms with van der Waals surface area (Å²) in [7, 11) is 0. The molecule has 0 aromatic heterocycles. The van der Waals surface area contributed by atoms with Gasteiger partial charge in [-0.25, -0.2) is 0 Å². The van der Waals surface area contributed by atoms with E-state index >= 15 is 0 Å². The first kappa shape index (κ1) is 4.97. The van der Waals surface area contributed by atoms with Crippen molar-refractivity contribution in [1.82, 2.24) is 5.43 Å². The number of rotatable bonds is 0. The first-order valence-corrected chi connectivity index (χ1v) is 3.30. The van der Waals surface area contributed by atoms with Crippen LogP contribution in [0.4, 0.5) is 0 Å². The van der Waals surface area contributed by atoms with Gasteiger partial charge < -0.3 is 0 Å². The Bertz CT molecular complexity index is 181. The van der Waals surface area contributed by atoms with Crippen LogP contribution in [0.5, 0.6) is 0 Å². The largest absolute Gasteiger partial charge is 0.133 e. The molecule has 0 aromatic carbocycles. The molecule has 1 heterocycles. The molecule has 0 bridgehead atoms. The zero-order valence-electron chi connectivity index (χ0n) is 5.17. The predicted molar refractivity (Wildman–Crippen MR) is 32.5 cm³/mol. The summed E-state index contributed by atoms with van der Waals surface area (Å²) in [4.78, 5) is 0. The lowest BCUT2D eigenvalue weighted by Crippen LogP contribution is -1.99. The van der Waals surface area contributed by atoms with Crippen molar-refractivity contribution < 1.29 is 0 Å². The molecule has 1 aliphatic heterocycles. The molecule has 0 aromatic rings. The van der Waals surface area contributed by atoms with Crippen molar-refractivity contribution in [2.45, 2.75) is 25.7 Å². The van der Waals surface area contributed by atoms with E-state index in [0.717, 1.165) is 24.2 Å². The second-order valence-corrected chi connectivity index (χ2v) is 2.39. The zero-order valence-corrected chi connectivity index (χ0v) is 5.17. The number of hydrogen-bond acceptors (Lipinski definition) is 2. The molecule has 0 atom stereocenters. The van der Waals surface area contributed by atoms with Crippen LogP contribution in [0.1, 0.15) is 25.7 Å². The van der Waals surface area contributed by atoms with Crippen LogP contribution >= 0.6 is 0 Å². The lowest BCUT2D eigenvalue weighted by Gasteiger charge is -2.07. The van der Waals surface area contributed by atoms with Crippen LogP contribution < -0.4 is 5.43 Å². The second kappa shape index (κ2) is 1.83. The van der Waals surface area contributed by atoms with Gasteiger partial charge in [0.2, 0.25) is 0 Å². The topological polar surface area (TPSA) is 38.8 Å². The molecule has 0 spiro atoms. The minimum Gasteiger partial charge on any atom is -0.133 e. The minimum atomic E-state index is 1.09. The summed E-state index contributed by atoms with van der Waals surface area (Å²) in [5.41, 5.74) is 6.15. The van der Waals surface area contributed by atoms with E-state index in [1.807, 2.05) is 0 Å². The lowest BCUT2D eigenvalue weighted by molar-refractivity contribution is 0.649. The van der Waals surface area contributed by atoms with E-state index in [0.29, 0.717) is 0 Å². The van der Waals surface area contributed by atoms with Crippen LogP contribution in [0.15, 0.2) is 21.7 Å². The van der Waals surface area contributed by atoms with Gasteiger partial charge in [-0.1, -0.05) is 0 Å². The van der Waals surface area contributed by atoms with Gasteiger partial charge in [0.15, 0.2) is 0 Å². The Morgan fingerprint density at radius 3 is 2.56 bits per heavy atom. The van der Waals surface area contributed by atoms with Crippen molar-refractivity contribution in [3.05, 3.63) is 11.4 Å². The molecule has 3 nitrogen and oxygen atoms in total. The standard InChI is InChI=1S/C6H8N3/c1-2-4-6-5(3-1)7-9-8-6/h1-4H2. The van der Waals surface area contributed by atoms with Crippen LogP contribution in [-0.4, -0.2) is 0 Å². The lowest BCUT2D eigenvalue weighted by atomic mass is 10.0. The summed E-state index contributed by atoms with van der Waals surface area (Å²) >= 11 is 0. The SMILES string of the molecule is C1CCC2=C(C1)[N]N=N2. The summed E-state index contributed by atoms with van der Waals surface area (Å²) < 4.78 is 0. The van der Waals surface area contributed by atoms with Gasteiger partial charge in [-0.05, 0) is 30.9 Å². The van der Waals surface area contributed by atoms with Crippen LogP contribution in [-0.2, 0) is 0 Å². The van der Waals surface area contributed by atoms with Gasteiger partial charge in [0.1, 0.15) is 0 Å². The van der Waals surface area contributed by atoms with E-state index in [1.165, 1.54) is 12.8 Å². The Hall–Kier alpha value is -0.860. The molecule has 0 saturated heterocycles. The van der Waals surface area contributed by atoms with E-state index in [-0.39, 0.29) is 0 Å². The summed E-state index contributed by atoms with van der Waals surface area (Å²) in [5, 5.41) is 7.50. The van der Waals surface area contributed by atoms with Gasteiger partial charge in [0.05, 0.1) is 11.4 Å². The molecule has 2 aliphatic rings. The third-order valence-electron chi connectivity index (χ3n) is 1.74. The van der Waals surface area contributed by atoms with E-state index < -0.39 is 0 Å². The highest BCUT2D eigenvalue weighted by molar-refractivity contribution is 5.15. The molecule has 47 valence electrons. The highest BCUT2D eigenvalue weighted by Gasteiger charge is 2.16. The van der Waals surface area contributed by atoms with E-state index in [2.05, 4.69) is 15.8 Å². The monoisotopic (exact) mass is 122 g/mol. The molecule has 9 heavy (non-hydrogen) atoms. The summed E-state index contributed by atoms with van der Waals surface area (Å²) in [6, 6.07) is 0. The molecule has 1 radical (unpaired) electrons. The van der Waals surface area contributed by atoms with E-state index in [1.54, 1.807) is 0 Å². The third-order valence-corrected chi connectivity index (χ3v) is 1.74. The maximum atomic E-state index is 3.90. The summed E-state index contributed by atoms with van der Waals surface area (Å²) in [6.07, 6.45) is 4.69. The van der Waals surface area contributed by atoms with Crippen LogP contribution in [0, 0.1) is 0 Å². The van der Waals surface area contributed by atoms with Crippen molar-refractivity contribution in [2.24, 2.45) is 10.3 Å². The average Bonchev–Trinajstić information content (AvgIpc) is 2.33. The molecular weight excluding hydrogens is 114 g/mol. The molecular formula is C6H8N3. The Morgan fingerprint density at radius 2 is 1.78 bits per heavy atom. The highest BCUT2D eigenvalue weighted by atomic mass is 15.5. The third kappa shape index (κ3) is 0.724. The molecule has 2 rings (SSSR count). The fraction of sp³-hybridized carbons (Fsp3) is 0.667. The van der Waals surface area contributed by atoms with Gasteiger partial charge >= 0.3 is 0 Å². The van der Waals surface area contributed by atoms with Gasteiger partial charge in [-0.2, -0.15) is 0 Å². The van der Waals surface area contributed by atoms with Gasteiger partial charge in [-0.15, -0.1) is 10.5 Å². The number of hydrogen-bond donors (Lipinski definition) is 0. The quantitative estimate of drug-likeness (QED) is 0.469. The predicted octanol–water partition coefficient (Wildman–Crippen LogP) is 1.76. The Balaban J connectivity index is 2.24. The first-order valence-electron chi connectivity index (χ1n) is 3.30. The molecule has 0 fully saturated rings. The average molecular weight is 122 g/mol. The maximum absolute atomic E-state index is 3.90. The Kier molecular flexibility index (Phi) is 1.01. The number of allylic oxidation sites excluding steroid dienone is 2. The molecule has 0 unspecified atom stereocenters. The van der Waals surface area contributed by atoms with Crippen LogP contribution in [0.25, 0.3) is 0 Å². The van der Waals surface area contributed by atoms with Gasteiger partial charge in [0.25, 0.3) is 0 Å². The molecule has 1 aliphatic carbocycles.